The van der Waals surface area contributed by atoms with E-state index in [0.29, 0.717) is 6.61 Å². The molecule has 1 N–H and O–H groups in total. The van der Waals surface area contributed by atoms with Crippen LogP contribution < -0.4 is 10.1 Å². The second-order valence-electron chi connectivity index (χ2n) is 7.82. The van der Waals surface area contributed by atoms with Crippen molar-refractivity contribution in [3.05, 3.63) is 70.0 Å². The summed E-state index contributed by atoms with van der Waals surface area (Å²) < 4.78 is 6.17. The molecular formula is C23H28N2OS. The molecule has 0 radical (unpaired) electrons. The smallest absolute Gasteiger partial charge is 0.123 e. The molecule has 4 heteroatoms. The number of thiazole rings is 1. The zero-order valence-corrected chi connectivity index (χ0v) is 17.6. The van der Waals surface area contributed by atoms with Gasteiger partial charge in [-0.3, -0.25) is 0 Å². The Labute approximate surface area is 166 Å². The molecule has 1 unspecified atom stereocenters. The zero-order valence-electron chi connectivity index (χ0n) is 16.7. The van der Waals surface area contributed by atoms with Crippen molar-refractivity contribution in [1.82, 2.24) is 10.3 Å². The minimum Gasteiger partial charge on any atom is -0.489 e. The van der Waals surface area contributed by atoms with Gasteiger partial charge in [0.25, 0.3) is 0 Å². The summed E-state index contributed by atoms with van der Waals surface area (Å²) in [6.07, 6.45) is 0. The van der Waals surface area contributed by atoms with Crippen LogP contribution in [0.15, 0.2) is 53.9 Å². The van der Waals surface area contributed by atoms with E-state index in [1.165, 1.54) is 11.1 Å². The number of nitrogens with zero attached hydrogens (tertiary/aromatic N) is 1. The Kier molecular flexibility index (Phi) is 5.98. The normalized spacial score (nSPS) is 12.8. The van der Waals surface area contributed by atoms with Crippen LogP contribution in [0, 0.1) is 0 Å². The highest BCUT2D eigenvalue weighted by molar-refractivity contribution is 7.10. The Balaban J connectivity index is 1.89. The van der Waals surface area contributed by atoms with Gasteiger partial charge in [-0.05, 0) is 43.1 Å². The topological polar surface area (TPSA) is 34.2 Å². The van der Waals surface area contributed by atoms with Crippen LogP contribution in [0.25, 0.3) is 11.3 Å². The third-order valence-electron chi connectivity index (χ3n) is 4.65. The molecule has 0 amide bonds. The van der Waals surface area contributed by atoms with Crippen LogP contribution in [0.3, 0.4) is 0 Å². The molecule has 0 saturated carbocycles. The van der Waals surface area contributed by atoms with Crippen molar-refractivity contribution in [2.45, 2.75) is 45.8 Å². The third kappa shape index (κ3) is 4.76. The highest BCUT2D eigenvalue weighted by atomic mass is 32.1. The fourth-order valence-corrected chi connectivity index (χ4v) is 3.77. The number of aromatic nitrogens is 1. The quantitative estimate of drug-likeness (QED) is 0.572. The molecule has 0 fully saturated rings. The van der Waals surface area contributed by atoms with Gasteiger partial charge in [0.05, 0.1) is 11.7 Å². The molecule has 0 aliphatic carbocycles. The summed E-state index contributed by atoms with van der Waals surface area (Å²) in [5.74, 6) is 0.939. The van der Waals surface area contributed by atoms with Gasteiger partial charge in [-0.1, -0.05) is 51.1 Å². The van der Waals surface area contributed by atoms with Gasteiger partial charge in [0, 0.05) is 16.5 Å². The van der Waals surface area contributed by atoms with E-state index in [4.69, 9.17) is 9.72 Å². The van der Waals surface area contributed by atoms with E-state index in [-0.39, 0.29) is 11.5 Å². The summed E-state index contributed by atoms with van der Waals surface area (Å²) in [4.78, 5) is 4.81. The standard InChI is InChI=1S/C23H28N2OS/c1-16(24-5)22-25-20(15-27-22)18-11-12-21(19(13-18)23(2,3)4)26-14-17-9-7-6-8-10-17/h6-13,15-16,24H,14H2,1-5H3. The van der Waals surface area contributed by atoms with E-state index in [1.807, 2.05) is 25.2 Å². The van der Waals surface area contributed by atoms with E-state index in [0.717, 1.165) is 22.0 Å². The first-order valence-electron chi connectivity index (χ1n) is 9.33. The highest BCUT2D eigenvalue weighted by Crippen LogP contribution is 2.36. The monoisotopic (exact) mass is 380 g/mol. The van der Waals surface area contributed by atoms with Gasteiger partial charge in [-0.2, -0.15) is 0 Å². The first-order chi connectivity index (χ1) is 12.9. The molecule has 142 valence electrons. The molecule has 1 aromatic heterocycles. The number of nitrogens with one attached hydrogen (secondary N) is 1. The highest BCUT2D eigenvalue weighted by Gasteiger charge is 2.21. The van der Waals surface area contributed by atoms with E-state index in [9.17, 15) is 0 Å². The van der Waals surface area contributed by atoms with Gasteiger partial charge in [0.15, 0.2) is 0 Å². The molecule has 3 nitrogen and oxygen atoms in total. The molecular weight excluding hydrogens is 352 g/mol. The van der Waals surface area contributed by atoms with Crippen LogP contribution in [0.2, 0.25) is 0 Å². The second kappa shape index (κ2) is 8.24. The van der Waals surface area contributed by atoms with Crippen LogP contribution in [0.4, 0.5) is 0 Å². The van der Waals surface area contributed by atoms with Crippen molar-refractivity contribution in [2.75, 3.05) is 7.05 Å². The van der Waals surface area contributed by atoms with Gasteiger partial charge in [0.2, 0.25) is 0 Å². The molecule has 0 aliphatic heterocycles. The number of benzene rings is 2. The van der Waals surface area contributed by atoms with Crippen molar-refractivity contribution in [2.24, 2.45) is 0 Å². The Morgan fingerprint density at radius 3 is 2.52 bits per heavy atom. The average Bonchev–Trinajstić information content (AvgIpc) is 3.16. The lowest BCUT2D eigenvalue weighted by atomic mass is 9.85. The van der Waals surface area contributed by atoms with E-state index in [1.54, 1.807) is 11.3 Å². The van der Waals surface area contributed by atoms with Crippen molar-refractivity contribution in [1.29, 1.82) is 0 Å². The van der Waals surface area contributed by atoms with E-state index < -0.39 is 0 Å². The largest absolute Gasteiger partial charge is 0.489 e. The van der Waals surface area contributed by atoms with Crippen LogP contribution in [0.1, 0.15) is 49.9 Å². The average molecular weight is 381 g/mol. The van der Waals surface area contributed by atoms with Gasteiger partial charge in [0.1, 0.15) is 17.4 Å². The lowest BCUT2D eigenvalue weighted by molar-refractivity contribution is 0.297. The summed E-state index contributed by atoms with van der Waals surface area (Å²) in [6.45, 7) is 9.36. The van der Waals surface area contributed by atoms with Gasteiger partial charge in [-0.25, -0.2) is 4.98 Å². The minimum absolute atomic E-state index is 0.0147. The van der Waals surface area contributed by atoms with E-state index >= 15 is 0 Å². The summed E-state index contributed by atoms with van der Waals surface area (Å²) in [7, 11) is 1.96. The molecule has 0 spiro atoms. The second-order valence-corrected chi connectivity index (χ2v) is 8.71. The van der Waals surface area contributed by atoms with Gasteiger partial charge < -0.3 is 10.1 Å². The molecule has 1 atom stereocenters. The predicted octanol–water partition coefficient (Wildman–Crippen LogP) is 5.97. The Hall–Kier alpha value is -2.17. The first kappa shape index (κ1) is 19.6. The maximum absolute atomic E-state index is 6.17. The van der Waals surface area contributed by atoms with Gasteiger partial charge >= 0.3 is 0 Å². The summed E-state index contributed by atoms with van der Waals surface area (Å²) >= 11 is 1.70. The molecule has 27 heavy (non-hydrogen) atoms. The van der Waals surface area contributed by atoms with Crippen LogP contribution in [-0.2, 0) is 12.0 Å². The van der Waals surface area contributed by atoms with Crippen molar-refractivity contribution < 1.29 is 4.74 Å². The van der Waals surface area contributed by atoms with Crippen LogP contribution in [0.5, 0.6) is 5.75 Å². The van der Waals surface area contributed by atoms with Crippen LogP contribution in [-0.4, -0.2) is 12.0 Å². The van der Waals surface area contributed by atoms with Crippen LogP contribution >= 0.6 is 11.3 Å². The first-order valence-corrected chi connectivity index (χ1v) is 10.2. The summed E-state index contributed by atoms with van der Waals surface area (Å²) in [5, 5.41) is 6.49. The fraction of sp³-hybridized carbons (Fsp3) is 0.348. The lowest BCUT2D eigenvalue weighted by Crippen LogP contribution is -2.14. The maximum atomic E-state index is 6.17. The zero-order chi connectivity index (χ0) is 19.4. The number of hydrogen-bond donors (Lipinski definition) is 1. The molecule has 0 bridgehead atoms. The SMILES string of the molecule is CNC(C)c1nc(-c2ccc(OCc3ccccc3)c(C(C)(C)C)c2)cs1. The summed E-state index contributed by atoms with van der Waals surface area (Å²) in [6, 6.07) is 17.0. The number of hydrogen-bond acceptors (Lipinski definition) is 4. The summed E-state index contributed by atoms with van der Waals surface area (Å²) in [5.41, 5.74) is 4.52. The molecule has 2 aromatic carbocycles. The Bertz CT molecular complexity index is 881. The fourth-order valence-electron chi connectivity index (χ4n) is 2.88. The van der Waals surface area contributed by atoms with Gasteiger partial charge in [-0.15, -0.1) is 11.3 Å². The van der Waals surface area contributed by atoms with Crippen molar-refractivity contribution >= 4 is 11.3 Å². The molecule has 1 heterocycles. The van der Waals surface area contributed by atoms with Crippen molar-refractivity contribution in [3.8, 4) is 17.0 Å². The maximum Gasteiger partial charge on any atom is 0.123 e. The molecule has 3 aromatic rings. The van der Waals surface area contributed by atoms with E-state index in [2.05, 4.69) is 68.7 Å². The molecule has 0 aliphatic rings. The molecule has 3 rings (SSSR count). The van der Waals surface area contributed by atoms with Crippen molar-refractivity contribution in [3.63, 3.8) is 0 Å². The number of rotatable bonds is 6. The molecule has 0 saturated heterocycles. The Morgan fingerprint density at radius 2 is 1.85 bits per heavy atom. The predicted molar refractivity (Wildman–Crippen MR) is 114 cm³/mol. The number of ether oxygens (including phenoxy) is 1. The minimum atomic E-state index is -0.0147. The Morgan fingerprint density at radius 1 is 1.11 bits per heavy atom. The third-order valence-corrected chi connectivity index (χ3v) is 5.67. The lowest BCUT2D eigenvalue weighted by Gasteiger charge is -2.23.